The van der Waals surface area contributed by atoms with Crippen molar-refractivity contribution in [3.8, 4) is 5.75 Å². The van der Waals surface area contributed by atoms with Gasteiger partial charge in [0.1, 0.15) is 5.75 Å². The molecule has 0 aliphatic carbocycles. The topological polar surface area (TPSA) is 21.3 Å². The van der Waals surface area contributed by atoms with Crippen LogP contribution in [0, 0.1) is 12.8 Å². The third kappa shape index (κ3) is 5.18. The van der Waals surface area contributed by atoms with Crippen LogP contribution in [0.5, 0.6) is 5.75 Å². The molecule has 114 valence electrons. The largest absolute Gasteiger partial charge is 0.493 e. The molecule has 2 nitrogen and oxygen atoms in total. The van der Waals surface area contributed by atoms with Crippen molar-refractivity contribution in [3.05, 3.63) is 51.7 Å². The van der Waals surface area contributed by atoms with E-state index in [-0.39, 0.29) is 0 Å². The molecular formula is C18H25NOS. The van der Waals surface area contributed by atoms with E-state index in [4.69, 9.17) is 4.74 Å². The summed E-state index contributed by atoms with van der Waals surface area (Å²) in [7, 11) is 0. The quantitative estimate of drug-likeness (QED) is 0.779. The van der Waals surface area contributed by atoms with Crippen molar-refractivity contribution >= 4 is 11.3 Å². The fourth-order valence-corrected chi connectivity index (χ4v) is 2.95. The molecular weight excluding hydrogens is 278 g/mol. The molecule has 0 bridgehead atoms. The lowest BCUT2D eigenvalue weighted by atomic mass is 10.1. The molecule has 0 saturated heterocycles. The number of aryl methyl sites for hydroxylation is 1. The molecule has 1 aromatic heterocycles. The van der Waals surface area contributed by atoms with Crippen LogP contribution in [0.15, 0.2) is 35.7 Å². The average Bonchev–Trinajstić information content (AvgIpc) is 2.94. The lowest BCUT2D eigenvalue weighted by Gasteiger charge is -2.15. The zero-order chi connectivity index (χ0) is 15.1. The van der Waals surface area contributed by atoms with Crippen LogP contribution in [-0.2, 0) is 13.0 Å². The van der Waals surface area contributed by atoms with Gasteiger partial charge in [0.05, 0.1) is 6.61 Å². The Labute approximate surface area is 132 Å². The number of hydrogen-bond donors (Lipinski definition) is 1. The summed E-state index contributed by atoms with van der Waals surface area (Å²) >= 11 is 1.79. The van der Waals surface area contributed by atoms with E-state index in [2.05, 4.69) is 61.8 Å². The zero-order valence-electron chi connectivity index (χ0n) is 13.2. The summed E-state index contributed by atoms with van der Waals surface area (Å²) in [6.45, 7) is 9.20. The number of hydrogen-bond acceptors (Lipinski definition) is 3. The van der Waals surface area contributed by atoms with Crippen molar-refractivity contribution < 1.29 is 4.74 Å². The predicted molar refractivity (Wildman–Crippen MR) is 91.2 cm³/mol. The molecule has 0 aliphatic heterocycles. The fourth-order valence-electron chi connectivity index (χ4n) is 2.26. The van der Waals surface area contributed by atoms with Crippen molar-refractivity contribution in [2.75, 3.05) is 13.2 Å². The van der Waals surface area contributed by atoms with Gasteiger partial charge in [0.2, 0.25) is 0 Å². The van der Waals surface area contributed by atoms with E-state index in [1.165, 1.54) is 16.0 Å². The van der Waals surface area contributed by atoms with Crippen LogP contribution in [0.1, 0.15) is 29.9 Å². The molecule has 3 heteroatoms. The summed E-state index contributed by atoms with van der Waals surface area (Å²) in [5.41, 5.74) is 2.46. The molecule has 1 heterocycles. The van der Waals surface area contributed by atoms with Crippen LogP contribution >= 0.6 is 11.3 Å². The van der Waals surface area contributed by atoms with Gasteiger partial charge in [0.15, 0.2) is 0 Å². The summed E-state index contributed by atoms with van der Waals surface area (Å²) in [6, 6.07) is 10.6. The van der Waals surface area contributed by atoms with Gasteiger partial charge in [-0.05, 0) is 36.4 Å². The summed E-state index contributed by atoms with van der Waals surface area (Å²) in [5, 5.41) is 5.61. The van der Waals surface area contributed by atoms with E-state index >= 15 is 0 Å². The Balaban J connectivity index is 1.93. The van der Waals surface area contributed by atoms with Crippen LogP contribution in [0.2, 0.25) is 0 Å². The number of para-hydroxylation sites is 1. The van der Waals surface area contributed by atoms with Gasteiger partial charge in [-0.1, -0.05) is 38.1 Å². The van der Waals surface area contributed by atoms with E-state index in [9.17, 15) is 0 Å². The minimum atomic E-state index is 0.665. The van der Waals surface area contributed by atoms with Crippen LogP contribution < -0.4 is 10.1 Å². The number of benzene rings is 1. The Morgan fingerprint density at radius 2 is 2.05 bits per heavy atom. The summed E-state index contributed by atoms with van der Waals surface area (Å²) < 4.78 is 6.07. The Hall–Kier alpha value is -1.32. The lowest BCUT2D eigenvalue weighted by molar-refractivity contribution is 0.316. The maximum absolute atomic E-state index is 6.07. The fraction of sp³-hybridized carbons (Fsp3) is 0.444. The lowest BCUT2D eigenvalue weighted by Crippen LogP contribution is -2.19. The Morgan fingerprint density at radius 1 is 1.19 bits per heavy atom. The highest BCUT2D eigenvalue weighted by molar-refractivity contribution is 7.09. The molecule has 0 fully saturated rings. The van der Waals surface area contributed by atoms with Gasteiger partial charge in [-0.15, -0.1) is 11.3 Å². The summed E-state index contributed by atoms with van der Waals surface area (Å²) in [6.07, 6.45) is 0.977. The molecule has 0 radical (unpaired) electrons. The van der Waals surface area contributed by atoms with Gasteiger partial charge < -0.3 is 10.1 Å². The summed E-state index contributed by atoms with van der Waals surface area (Å²) in [5.74, 6) is 1.71. The number of rotatable bonds is 8. The SMILES string of the molecule is Cc1cccc(CNCC(C)C)c1OCCc1cccs1. The molecule has 0 aliphatic rings. The first kappa shape index (κ1) is 16.1. The van der Waals surface area contributed by atoms with E-state index in [1.807, 2.05) is 0 Å². The first-order valence-electron chi connectivity index (χ1n) is 7.61. The maximum Gasteiger partial charge on any atom is 0.126 e. The molecule has 1 aromatic carbocycles. The second-order valence-electron chi connectivity index (χ2n) is 5.77. The molecule has 0 spiro atoms. The molecule has 0 amide bonds. The second kappa shape index (κ2) is 8.20. The molecule has 2 aromatic rings. The smallest absolute Gasteiger partial charge is 0.126 e. The Morgan fingerprint density at radius 3 is 2.76 bits per heavy atom. The van der Waals surface area contributed by atoms with Gasteiger partial charge >= 0.3 is 0 Å². The highest BCUT2D eigenvalue weighted by Gasteiger charge is 2.07. The molecule has 2 rings (SSSR count). The predicted octanol–water partition coefficient (Wildman–Crippen LogP) is 4.42. The van der Waals surface area contributed by atoms with Crippen molar-refractivity contribution in [2.24, 2.45) is 5.92 Å². The van der Waals surface area contributed by atoms with E-state index in [0.717, 1.165) is 31.9 Å². The monoisotopic (exact) mass is 303 g/mol. The number of ether oxygens (including phenoxy) is 1. The van der Waals surface area contributed by atoms with Crippen molar-refractivity contribution in [3.63, 3.8) is 0 Å². The summed E-state index contributed by atoms with van der Waals surface area (Å²) in [4.78, 5) is 1.38. The van der Waals surface area contributed by atoms with E-state index in [0.29, 0.717) is 5.92 Å². The Kier molecular flexibility index (Phi) is 6.27. The minimum Gasteiger partial charge on any atom is -0.493 e. The molecule has 21 heavy (non-hydrogen) atoms. The Bertz CT molecular complexity index is 534. The van der Waals surface area contributed by atoms with Crippen LogP contribution in [0.25, 0.3) is 0 Å². The van der Waals surface area contributed by atoms with Gasteiger partial charge in [-0.25, -0.2) is 0 Å². The van der Waals surface area contributed by atoms with E-state index in [1.54, 1.807) is 11.3 Å². The van der Waals surface area contributed by atoms with Gasteiger partial charge in [-0.2, -0.15) is 0 Å². The molecule has 1 N–H and O–H groups in total. The van der Waals surface area contributed by atoms with E-state index < -0.39 is 0 Å². The first-order chi connectivity index (χ1) is 10.2. The third-order valence-corrected chi connectivity index (χ3v) is 4.27. The molecule has 0 unspecified atom stereocenters. The maximum atomic E-state index is 6.07. The van der Waals surface area contributed by atoms with Crippen molar-refractivity contribution in [1.82, 2.24) is 5.32 Å². The second-order valence-corrected chi connectivity index (χ2v) is 6.80. The van der Waals surface area contributed by atoms with Crippen molar-refractivity contribution in [2.45, 2.75) is 33.7 Å². The highest BCUT2D eigenvalue weighted by Crippen LogP contribution is 2.24. The first-order valence-corrected chi connectivity index (χ1v) is 8.49. The minimum absolute atomic E-state index is 0.665. The third-order valence-electron chi connectivity index (χ3n) is 3.34. The van der Waals surface area contributed by atoms with Gasteiger partial charge in [0, 0.05) is 23.4 Å². The molecule has 0 saturated carbocycles. The molecule has 0 atom stereocenters. The average molecular weight is 303 g/mol. The van der Waals surface area contributed by atoms with Gasteiger partial charge in [-0.3, -0.25) is 0 Å². The normalized spacial score (nSPS) is 11.0. The van der Waals surface area contributed by atoms with Crippen molar-refractivity contribution in [1.29, 1.82) is 0 Å². The standard InChI is InChI=1S/C18H25NOS/c1-14(2)12-19-13-16-7-4-6-15(3)18(16)20-10-9-17-8-5-11-21-17/h4-8,11,14,19H,9-10,12-13H2,1-3H3. The van der Waals surface area contributed by atoms with Crippen LogP contribution in [0.4, 0.5) is 0 Å². The highest BCUT2D eigenvalue weighted by atomic mass is 32.1. The van der Waals surface area contributed by atoms with Gasteiger partial charge in [0.25, 0.3) is 0 Å². The number of nitrogens with one attached hydrogen (secondary N) is 1. The number of thiophene rings is 1. The van der Waals surface area contributed by atoms with Crippen LogP contribution in [0.3, 0.4) is 0 Å². The zero-order valence-corrected chi connectivity index (χ0v) is 14.0. The van der Waals surface area contributed by atoms with Crippen LogP contribution in [-0.4, -0.2) is 13.2 Å².